The SMILES string of the molecule is Cc1cc(OCP(=O)(OCOC(=O)C(C)(C)C)OCOC(=O)C(C)(C)C)cc(C)c1Cc1ccc(O)c2c1CCC2C. The number of esters is 2. The molecule has 0 radical (unpaired) electrons. The van der Waals surface area contributed by atoms with Crippen LogP contribution < -0.4 is 4.74 Å². The van der Waals surface area contributed by atoms with Crippen molar-refractivity contribution in [1.29, 1.82) is 0 Å². The van der Waals surface area contributed by atoms with E-state index in [0.29, 0.717) is 17.4 Å². The molecule has 1 N–H and O–H groups in total. The summed E-state index contributed by atoms with van der Waals surface area (Å²) in [6.45, 7) is 15.0. The Bertz CT molecular complexity index is 1290. The number of aromatic hydroxyl groups is 1. The number of carbonyl (C=O) groups is 2. The summed E-state index contributed by atoms with van der Waals surface area (Å²) >= 11 is 0. The summed E-state index contributed by atoms with van der Waals surface area (Å²) in [7, 11) is -4.02. The first-order chi connectivity index (χ1) is 19.4. The maximum Gasteiger partial charge on any atom is 0.373 e. The van der Waals surface area contributed by atoms with Crippen LogP contribution in [0.1, 0.15) is 94.2 Å². The van der Waals surface area contributed by atoms with Gasteiger partial charge in [0, 0.05) is 5.56 Å². The summed E-state index contributed by atoms with van der Waals surface area (Å²) in [5, 5.41) is 10.4. The lowest BCUT2D eigenvalue weighted by Crippen LogP contribution is -2.25. The number of fused-ring (bicyclic) bond motifs is 1. The molecule has 0 fully saturated rings. The van der Waals surface area contributed by atoms with Gasteiger partial charge in [-0.1, -0.05) is 13.0 Å². The molecule has 0 amide bonds. The fourth-order valence-corrected chi connectivity index (χ4v) is 5.70. The van der Waals surface area contributed by atoms with Gasteiger partial charge < -0.3 is 19.3 Å². The van der Waals surface area contributed by atoms with E-state index in [0.717, 1.165) is 41.5 Å². The van der Waals surface area contributed by atoms with Crippen molar-refractivity contribution in [2.24, 2.45) is 10.8 Å². The van der Waals surface area contributed by atoms with E-state index >= 15 is 0 Å². The number of benzene rings is 2. The van der Waals surface area contributed by atoms with Gasteiger partial charge in [0.2, 0.25) is 13.6 Å². The van der Waals surface area contributed by atoms with Crippen LogP contribution in [0.15, 0.2) is 24.3 Å². The van der Waals surface area contributed by atoms with Crippen molar-refractivity contribution in [3.05, 3.63) is 57.6 Å². The van der Waals surface area contributed by atoms with Crippen LogP contribution in [-0.4, -0.2) is 37.0 Å². The van der Waals surface area contributed by atoms with Crippen molar-refractivity contribution in [1.82, 2.24) is 0 Å². The minimum absolute atomic E-state index is 0.340. The zero-order valence-corrected chi connectivity index (χ0v) is 27.2. The average Bonchev–Trinajstić information content (AvgIpc) is 3.27. The second kappa shape index (κ2) is 13.2. The average molecular weight is 605 g/mol. The quantitative estimate of drug-likeness (QED) is 0.160. The first kappa shape index (κ1) is 33.6. The Kier molecular flexibility index (Phi) is 10.6. The standard InChI is InChI=1S/C32H45O9P/c1-20-10-12-25-23(11-13-27(33)28(20)25)16-26-21(2)14-24(15-22(26)3)39-19-42(36,40-17-37-29(34)31(4,5)6)41-18-38-30(35)32(7,8)9/h11,13-15,20,33H,10,12,16-19H2,1-9H3. The smallest absolute Gasteiger partial charge is 0.373 e. The molecule has 9 nitrogen and oxygen atoms in total. The number of ether oxygens (including phenoxy) is 3. The van der Waals surface area contributed by atoms with Gasteiger partial charge in [0.05, 0.1) is 10.8 Å². The van der Waals surface area contributed by atoms with Crippen LogP contribution >= 0.6 is 7.60 Å². The van der Waals surface area contributed by atoms with E-state index in [2.05, 4.69) is 6.92 Å². The van der Waals surface area contributed by atoms with Crippen LogP contribution in [0.2, 0.25) is 0 Å². The zero-order valence-electron chi connectivity index (χ0n) is 26.3. The lowest BCUT2D eigenvalue weighted by molar-refractivity contribution is -0.162. The molecular weight excluding hydrogens is 559 g/mol. The van der Waals surface area contributed by atoms with Crippen LogP contribution in [0.25, 0.3) is 0 Å². The molecule has 3 rings (SSSR count). The predicted octanol–water partition coefficient (Wildman–Crippen LogP) is 7.31. The summed E-state index contributed by atoms with van der Waals surface area (Å²) in [5.74, 6) is 0.0941. The Morgan fingerprint density at radius 1 is 0.929 bits per heavy atom. The topological polar surface area (TPSA) is 118 Å². The third-order valence-electron chi connectivity index (χ3n) is 7.28. The molecule has 1 aliphatic carbocycles. The van der Waals surface area contributed by atoms with E-state index in [4.69, 9.17) is 23.3 Å². The fourth-order valence-electron chi connectivity index (χ4n) is 4.74. The molecule has 10 heteroatoms. The van der Waals surface area contributed by atoms with Crippen molar-refractivity contribution in [3.8, 4) is 11.5 Å². The maximum atomic E-state index is 13.5. The summed E-state index contributed by atoms with van der Waals surface area (Å²) in [5.41, 5.74) is 5.07. The monoisotopic (exact) mass is 604 g/mol. The van der Waals surface area contributed by atoms with Gasteiger partial charge in [0.1, 0.15) is 11.5 Å². The highest BCUT2D eigenvalue weighted by Crippen LogP contribution is 2.48. The van der Waals surface area contributed by atoms with E-state index in [9.17, 15) is 19.3 Å². The van der Waals surface area contributed by atoms with Crippen LogP contribution in [0.4, 0.5) is 0 Å². The number of rotatable bonds is 11. The van der Waals surface area contributed by atoms with Gasteiger partial charge in [0.25, 0.3) is 0 Å². The van der Waals surface area contributed by atoms with Crippen molar-refractivity contribution < 1.29 is 42.5 Å². The largest absolute Gasteiger partial charge is 0.508 e. The van der Waals surface area contributed by atoms with Gasteiger partial charge in [0.15, 0.2) is 6.35 Å². The van der Waals surface area contributed by atoms with Crippen LogP contribution in [0.3, 0.4) is 0 Å². The highest BCUT2D eigenvalue weighted by atomic mass is 31.2. The van der Waals surface area contributed by atoms with Gasteiger partial charge in [-0.15, -0.1) is 0 Å². The summed E-state index contributed by atoms with van der Waals surface area (Å²) in [6.07, 6.45) is 2.20. The third kappa shape index (κ3) is 8.59. The highest BCUT2D eigenvalue weighted by molar-refractivity contribution is 7.53. The lowest BCUT2D eigenvalue weighted by Gasteiger charge is -2.22. The minimum atomic E-state index is -4.02. The maximum absolute atomic E-state index is 13.5. The van der Waals surface area contributed by atoms with Crippen LogP contribution in [0, 0.1) is 24.7 Å². The van der Waals surface area contributed by atoms with Crippen molar-refractivity contribution in [3.63, 3.8) is 0 Å². The number of phenolic OH excluding ortho intramolecular Hbond substituents is 1. The zero-order chi connectivity index (χ0) is 31.5. The minimum Gasteiger partial charge on any atom is -0.508 e. The summed E-state index contributed by atoms with van der Waals surface area (Å²) < 4.78 is 40.3. The number of hydrogen-bond donors (Lipinski definition) is 1. The van der Waals surface area contributed by atoms with Crippen LogP contribution in [-0.2, 0) is 45.5 Å². The first-order valence-electron chi connectivity index (χ1n) is 14.2. The third-order valence-corrected chi connectivity index (χ3v) is 8.72. The number of phenols is 1. The van der Waals surface area contributed by atoms with Crippen molar-refractivity contribution in [2.75, 3.05) is 19.9 Å². The molecule has 232 valence electrons. The number of carbonyl (C=O) groups excluding carboxylic acids is 2. The molecule has 2 aromatic carbocycles. The molecule has 42 heavy (non-hydrogen) atoms. The molecule has 2 aromatic rings. The van der Waals surface area contributed by atoms with Gasteiger partial charge in [-0.3, -0.25) is 23.2 Å². The number of hydrogen-bond acceptors (Lipinski definition) is 9. The molecule has 0 heterocycles. The Hall–Kier alpha value is -2.87. The summed E-state index contributed by atoms with van der Waals surface area (Å²) in [6, 6.07) is 7.50. The molecule has 0 spiro atoms. The van der Waals surface area contributed by atoms with E-state index in [-0.39, 0.29) is 0 Å². The van der Waals surface area contributed by atoms with Gasteiger partial charge >= 0.3 is 19.5 Å². The molecule has 0 saturated heterocycles. The van der Waals surface area contributed by atoms with E-state index < -0.39 is 50.3 Å². The Labute approximate surface area is 249 Å². The lowest BCUT2D eigenvalue weighted by atomic mass is 9.91. The van der Waals surface area contributed by atoms with Gasteiger partial charge in [-0.25, -0.2) is 0 Å². The fraction of sp³-hybridized carbons (Fsp3) is 0.562. The van der Waals surface area contributed by atoms with E-state index in [1.807, 2.05) is 32.0 Å². The number of aryl methyl sites for hydroxylation is 2. The molecule has 1 aliphatic rings. The second-order valence-electron chi connectivity index (χ2n) is 13.0. The molecular formula is C32H45O9P. The van der Waals surface area contributed by atoms with E-state index in [1.54, 1.807) is 47.6 Å². The molecule has 0 bridgehead atoms. The normalized spacial score (nSPS) is 15.3. The summed E-state index contributed by atoms with van der Waals surface area (Å²) in [4.78, 5) is 24.3. The van der Waals surface area contributed by atoms with E-state index in [1.165, 1.54) is 11.1 Å². The van der Waals surface area contributed by atoms with Crippen LogP contribution in [0.5, 0.6) is 11.5 Å². The van der Waals surface area contributed by atoms with Gasteiger partial charge in [-0.2, -0.15) is 0 Å². The second-order valence-corrected chi connectivity index (χ2v) is 15.0. The molecule has 1 unspecified atom stereocenters. The van der Waals surface area contributed by atoms with Gasteiger partial charge in [-0.05, 0) is 127 Å². The van der Waals surface area contributed by atoms with Crippen molar-refractivity contribution in [2.45, 2.75) is 87.5 Å². The Morgan fingerprint density at radius 3 is 1.95 bits per heavy atom. The highest BCUT2D eigenvalue weighted by Gasteiger charge is 2.31. The first-order valence-corrected chi connectivity index (χ1v) is 15.9. The Balaban J connectivity index is 1.73. The van der Waals surface area contributed by atoms with Crippen molar-refractivity contribution >= 4 is 19.5 Å². The molecule has 0 saturated carbocycles. The molecule has 0 aliphatic heterocycles. The Morgan fingerprint density at radius 2 is 1.45 bits per heavy atom. The predicted molar refractivity (Wildman–Crippen MR) is 160 cm³/mol. The molecule has 0 aromatic heterocycles. The molecule has 1 atom stereocenters.